The highest BCUT2D eigenvalue weighted by Crippen LogP contribution is 2.22. The molecule has 2 N–H and O–H groups in total. The minimum atomic E-state index is -3.36. The summed E-state index contributed by atoms with van der Waals surface area (Å²) in [5.41, 5.74) is 1.24. The molecule has 0 spiro atoms. The van der Waals surface area contributed by atoms with Crippen molar-refractivity contribution in [2.24, 2.45) is 5.92 Å². The van der Waals surface area contributed by atoms with Crippen LogP contribution in [-0.4, -0.2) is 32.2 Å². The van der Waals surface area contributed by atoms with E-state index in [4.69, 9.17) is 0 Å². The Hall–Kier alpha value is -1.66. The van der Waals surface area contributed by atoms with Crippen molar-refractivity contribution in [2.75, 3.05) is 23.6 Å². The predicted molar refractivity (Wildman–Crippen MR) is 84.7 cm³/mol. The van der Waals surface area contributed by atoms with Crippen LogP contribution in [0.1, 0.15) is 12.8 Å². The Morgan fingerprint density at radius 2 is 2.14 bits per heavy atom. The standard InChI is InChI=1S/C15H19N3O2S/c19-21(20,11-12-4-2-8-16-10-12)18-14-7-1-5-13-6-3-9-17-15(13)14/h1,3,5-7,9,12,16,18H,2,4,8,10-11H2. The van der Waals surface area contributed by atoms with Gasteiger partial charge in [-0.2, -0.15) is 0 Å². The summed E-state index contributed by atoms with van der Waals surface area (Å²) >= 11 is 0. The molecule has 0 amide bonds. The third-order valence-electron chi connectivity index (χ3n) is 3.75. The van der Waals surface area contributed by atoms with Gasteiger partial charge in [0.2, 0.25) is 10.0 Å². The molecule has 1 aliphatic heterocycles. The maximum absolute atomic E-state index is 12.3. The van der Waals surface area contributed by atoms with Gasteiger partial charge in [0.1, 0.15) is 0 Å². The molecular formula is C15H19N3O2S. The predicted octanol–water partition coefficient (Wildman–Crippen LogP) is 1.98. The maximum atomic E-state index is 12.3. The summed E-state index contributed by atoms with van der Waals surface area (Å²) in [4.78, 5) is 4.27. The molecule has 0 radical (unpaired) electrons. The van der Waals surface area contributed by atoms with Crippen molar-refractivity contribution < 1.29 is 8.42 Å². The smallest absolute Gasteiger partial charge is 0.233 e. The number of fused-ring (bicyclic) bond motifs is 1. The monoisotopic (exact) mass is 305 g/mol. The molecule has 1 fully saturated rings. The zero-order chi connectivity index (χ0) is 14.7. The Morgan fingerprint density at radius 1 is 1.29 bits per heavy atom. The molecule has 3 rings (SSSR count). The Labute approximate surface area is 124 Å². The van der Waals surface area contributed by atoms with Crippen LogP contribution in [0.3, 0.4) is 0 Å². The van der Waals surface area contributed by atoms with E-state index in [0.29, 0.717) is 11.2 Å². The van der Waals surface area contributed by atoms with Crippen LogP contribution in [0.4, 0.5) is 5.69 Å². The van der Waals surface area contributed by atoms with Gasteiger partial charge in [-0.1, -0.05) is 18.2 Å². The molecule has 21 heavy (non-hydrogen) atoms. The van der Waals surface area contributed by atoms with E-state index in [-0.39, 0.29) is 11.7 Å². The van der Waals surface area contributed by atoms with Gasteiger partial charge in [-0.15, -0.1) is 0 Å². The zero-order valence-electron chi connectivity index (χ0n) is 11.7. The molecular weight excluding hydrogens is 286 g/mol. The highest BCUT2D eigenvalue weighted by atomic mass is 32.2. The maximum Gasteiger partial charge on any atom is 0.233 e. The third kappa shape index (κ3) is 3.51. The number of hydrogen-bond acceptors (Lipinski definition) is 4. The molecule has 1 aromatic carbocycles. The van der Waals surface area contributed by atoms with Crippen LogP contribution in [0.25, 0.3) is 10.9 Å². The van der Waals surface area contributed by atoms with Gasteiger partial charge in [-0.3, -0.25) is 9.71 Å². The molecule has 2 heterocycles. The SMILES string of the molecule is O=S(=O)(CC1CCCNC1)Nc1cccc2cccnc12. The summed E-state index contributed by atoms with van der Waals surface area (Å²) in [6.45, 7) is 1.76. The number of benzene rings is 1. The molecule has 0 aliphatic carbocycles. The lowest BCUT2D eigenvalue weighted by molar-refractivity contribution is 0.404. The number of para-hydroxylation sites is 1. The van der Waals surface area contributed by atoms with E-state index in [1.54, 1.807) is 12.3 Å². The van der Waals surface area contributed by atoms with Crippen molar-refractivity contribution >= 4 is 26.6 Å². The highest BCUT2D eigenvalue weighted by molar-refractivity contribution is 7.92. The largest absolute Gasteiger partial charge is 0.316 e. The van der Waals surface area contributed by atoms with E-state index in [1.807, 2.05) is 24.3 Å². The molecule has 5 nitrogen and oxygen atoms in total. The van der Waals surface area contributed by atoms with Gasteiger partial charge in [-0.05, 0) is 44.0 Å². The van der Waals surface area contributed by atoms with Crippen LogP contribution in [-0.2, 0) is 10.0 Å². The number of nitrogens with one attached hydrogen (secondary N) is 2. The van der Waals surface area contributed by atoms with E-state index in [2.05, 4.69) is 15.0 Å². The Morgan fingerprint density at radius 3 is 2.95 bits per heavy atom. The van der Waals surface area contributed by atoms with Crippen LogP contribution in [0.2, 0.25) is 0 Å². The van der Waals surface area contributed by atoms with Crippen molar-refractivity contribution in [3.05, 3.63) is 36.5 Å². The lowest BCUT2D eigenvalue weighted by Crippen LogP contribution is -2.35. The van der Waals surface area contributed by atoms with Crippen LogP contribution < -0.4 is 10.0 Å². The second kappa shape index (κ2) is 5.99. The zero-order valence-corrected chi connectivity index (χ0v) is 12.6. The van der Waals surface area contributed by atoms with Gasteiger partial charge in [0.25, 0.3) is 0 Å². The van der Waals surface area contributed by atoms with Crippen LogP contribution >= 0.6 is 0 Å². The minimum absolute atomic E-state index is 0.156. The van der Waals surface area contributed by atoms with E-state index in [0.717, 1.165) is 31.3 Å². The van der Waals surface area contributed by atoms with E-state index in [1.165, 1.54) is 0 Å². The molecule has 1 saturated heterocycles. The highest BCUT2D eigenvalue weighted by Gasteiger charge is 2.21. The topological polar surface area (TPSA) is 71.1 Å². The summed E-state index contributed by atoms with van der Waals surface area (Å²) in [6.07, 6.45) is 3.67. The first-order valence-electron chi connectivity index (χ1n) is 7.19. The molecule has 0 bridgehead atoms. The van der Waals surface area contributed by atoms with Gasteiger partial charge < -0.3 is 5.32 Å². The van der Waals surface area contributed by atoms with Gasteiger partial charge in [0.05, 0.1) is 17.0 Å². The Kier molecular flexibility index (Phi) is 4.07. The van der Waals surface area contributed by atoms with E-state index in [9.17, 15) is 8.42 Å². The molecule has 2 aromatic rings. The fraction of sp³-hybridized carbons (Fsp3) is 0.400. The quantitative estimate of drug-likeness (QED) is 0.906. The number of piperidine rings is 1. The van der Waals surface area contributed by atoms with Crippen LogP contribution in [0, 0.1) is 5.92 Å². The average Bonchev–Trinajstić information content (AvgIpc) is 2.48. The third-order valence-corrected chi connectivity index (χ3v) is 5.19. The lowest BCUT2D eigenvalue weighted by atomic mass is 10.0. The lowest BCUT2D eigenvalue weighted by Gasteiger charge is -2.22. The van der Waals surface area contributed by atoms with Crippen molar-refractivity contribution in [1.29, 1.82) is 0 Å². The fourth-order valence-electron chi connectivity index (χ4n) is 2.77. The molecule has 0 saturated carbocycles. The van der Waals surface area contributed by atoms with Crippen LogP contribution in [0.15, 0.2) is 36.5 Å². The number of hydrogen-bond donors (Lipinski definition) is 2. The first kappa shape index (κ1) is 14.3. The second-order valence-corrected chi connectivity index (χ2v) is 7.24. The van der Waals surface area contributed by atoms with E-state index >= 15 is 0 Å². The number of rotatable bonds is 4. The van der Waals surface area contributed by atoms with Crippen molar-refractivity contribution in [1.82, 2.24) is 10.3 Å². The van der Waals surface area contributed by atoms with Crippen molar-refractivity contribution in [3.8, 4) is 0 Å². The first-order valence-corrected chi connectivity index (χ1v) is 8.84. The van der Waals surface area contributed by atoms with Crippen molar-refractivity contribution in [3.63, 3.8) is 0 Å². The normalized spacial score (nSPS) is 19.5. The molecule has 1 aliphatic rings. The fourth-order valence-corrected chi connectivity index (χ4v) is 4.26. The summed E-state index contributed by atoms with van der Waals surface area (Å²) in [5.74, 6) is 0.336. The summed E-state index contributed by atoms with van der Waals surface area (Å²) in [7, 11) is -3.36. The Bertz CT molecular complexity index is 719. The van der Waals surface area contributed by atoms with E-state index < -0.39 is 10.0 Å². The number of sulfonamides is 1. The van der Waals surface area contributed by atoms with Crippen molar-refractivity contribution in [2.45, 2.75) is 12.8 Å². The van der Waals surface area contributed by atoms with Gasteiger partial charge >= 0.3 is 0 Å². The number of nitrogens with zero attached hydrogens (tertiary/aromatic N) is 1. The summed E-state index contributed by atoms with van der Waals surface area (Å²) < 4.78 is 27.4. The molecule has 1 unspecified atom stereocenters. The van der Waals surface area contributed by atoms with Gasteiger partial charge in [0.15, 0.2) is 0 Å². The molecule has 6 heteroatoms. The average molecular weight is 305 g/mol. The number of aromatic nitrogens is 1. The summed E-state index contributed by atoms with van der Waals surface area (Å²) in [6, 6.07) is 9.28. The minimum Gasteiger partial charge on any atom is -0.316 e. The molecule has 1 atom stereocenters. The number of anilines is 1. The number of pyridine rings is 1. The second-order valence-electron chi connectivity index (χ2n) is 5.48. The van der Waals surface area contributed by atoms with Crippen LogP contribution in [0.5, 0.6) is 0 Å². The first-order chi connectivity index (χ1) is 10.1. The Balaban J connectivity index is 1.80. The summed E-state index contributed by atoms with van der Waals surface area (Å²) in [5, 5.41) is 4.17. The van der Waals surface area contributed by atoms with Gasteiger partial charge in [0, 0.05) is 11.6 Å². The molecule has 112 valence electrons. The molecule has 1 aromatic heterocycles. The van der Waals surface area contributed by atoms with Gasteiger partial charge in [-0.25, -0.2) is 8.42 Å².